The first-order valence-electron chi connectivity index (χ1n) is 11.9. The molecule has 32 heavy (non-hydrogen) atoms. The Labute approximate surface area is 193 Å². The summed E-state index contributed by atoms with van der Waals surface area (Å²) in [4.78, 5) is 25.1. The van der Waals surface area contributed by atoms with E-state index < -0.39 is 0 Å². The fraction of sp³-hybridized carbons (Fsp3) is 0.500. The second-order valence-electron chi connectivity index (χ2n) is 10.6. The fourth-order valence-corrected chi connectivity index (χ4v) is 5.38. The SMILES string of the molecule is CC1(C)CC(NC(=O)CCc2ccccc2)CC(C)(CNC(=O)CCc2ccccc2)C1. The molecule has 1 aliphatic carbocycles. The van der Waals surface area contributed by atoms with Crippen LogP contribution in [0.15, 0.2) is 60.7 Å². The largest absolute Gasteiger partial charge is 0.356 e. The van der Waals surface area contributed by atoms with Gasteiger partial charge in [-0.2, -0.15) is 0 Å². The van der Waals surface area contributed by atoms with Gasteiger partial charge in [0.05, 0.1) is 0 Å². The molecule has 2 atom stereocenters. The number of carbonyl (C=O) groups excluding carboxylic acids is 2. The summed E-state index contributed by atoms with van der Waals surface area (Å²) in [6.45, 7) is 7.43. The number of rotatable bonds is 9. The van der Waals surface area contributed by atoms with E-state index in [9.17, 15) is 9.59 Å². The summed E-state index contributed by atoms with van der Waals surface area (Å²) in [5.41, 5.74) is 2.47. The Morgan fingerprint density at radius 3 is 1.91 bits per heavy atom. The quantitative estimate of drug-likeness (QED) is 0.579. The molecule has 2 unspecified atom stereocenters. The summed E-state index contributed by atoms with van der Waals surface area (Å²) in [5.74, 6) is 0.215. The van der Waals surface area contributed by atoms with E-state index in [-0.39, 0.29) is 28.7 Å². The minimum Gasteiger partial charge on any atom is -0.356 e. The number of hydrogen-bond donors (Lipinski definition) is 2. The molecule has 0 aliphatic heterocycles. The Hall–Kier alpha value is -2.62. The van der Waals surface area contributed by atoms with Crippen molar-refractivity contribution in [1.29, 1.82) is 0 Å². The highest BCUT2D eigenvalue weighted by atomic mass is 16.2. The van der Waals surface area contributed by atoms with Gasteiger partial charge < -0.3 is 10.6 Å². The van der Waals surface area contributed by atoms with Crippen molar-refractivity contribution in [1.82, 2.24) is 10.6 Å². The van der Waals surface area contributed by atoms with Crippen molar-refractivity contribution in [3.63, 3.8) is 0 Å². The molecule has 4 nitrogen and oxygen atoms in total. The van der Waals surface area contributed by atoms with Gasteiger partial charge in [-0.15, -0.1) is 0 Å². The average molecular weight is 435 g/mol. The lowest BCUT2D eigenvalue weighted by molar-refractivity contribution is -0.124. The predicted octanol–water partition coefficient (Wildman–Crippen LogP) is 5.07. The van der Waals surface area contributed by atoms with Gasteiger partial charge in [-0.05, 0) is 54.1 Å². The molecular formula is C28H38N2O2. The average Bonchev–Trinajstić information content (AvgIpc) is 2.75. The first kappa shape index (κ1) is 24.0. The lowest BCUT2D eigenvalue weighted by Crippen LogP contribution is -2.50. The van der Waals surface area contributed by atoms with E-state index in [4.69, 9.17) is 0 Å². The van der Waals surface area contributed by atoms with E-state index in [0.29, 0.717) is 19.4 Å². The molecule has 4 heteroatoms. The number of carbonyl (C=O) groups is 2. The molecule has 0 aromatic heterocycles. The molecule has 1 aliphatic rings. The minimum atomic E-state index is -0.0263. The first-order chi connectivity index (χ1) is 15.2. The molecule has 2 aromatic carbocycles. The van der Waals surface area contributed by atoms with E-state index in [0.717, 1.165) is 32.1 Å². The zero-order chi connectivity index (χ0) is 23.0. The Morgan fingerprint density at radius 1 is 0.812 bits per heavy atom. The van der Waals surface area contributed by atoms with Crippen LogP contribution in [0.1, 0.15) is 64.0 Å². The van der Waals surface area contributed by atoms with Crippen molar-refractivity contribution in [3.05, 3.63) is 71.8 Å². The molecule has 0 saturated heterocycles. The van der Waals surface area contributed by atoms with E-state index in [1.54, 1.807) is 0 Å². The Balaban J connectivity index is 1.48. The fourth-order valence-electron chi connectivity index (χ4n) is 5.38. The maximum absolute atomic E-state index is 12.6. The summed E-state index contributed by atoms with van der Waals surface area (Å²) < 4.78 is 0. The number of amides is 2. The number of aryl methyl sites for hydroxylation is 2. The molecule has 2 amide bonds. The third kappa shape index (κ3) is 7.81. The van der Waals surface area contributed by atoms with Gasteiger partial charge in [-0.3, -0.25) is 9.59 Å². The maximum atomic E-state index is 12.6. The number of nitrogens with one attached hydrogen (secondary N) is 2. The van der Waals surface area contributed by atoms with Crippen LogP contribution < -0.4 is 10.6 Å². The van der Waals surface area contributed by atoms with Crippen LogP contribution >= 0.6 is 0 Å². The molecule has 2 aromatic rings. The standard InChI is InChI=1S/C28H38N2O2/c1-27(2)18-24(30-26(32)17-15-23-12-8-5-9-13-23)19-28(3,20-27)21-29-25(31)16-14-22-10-6-4-7-11-22/h4-13,24H,14-21H2,1-3H3,(H,29,31)(H,30,32). The molecule has 1 fully saturated rings. The monoisotopic (exact) mass is 434 g/mol. The van der Waals surface area contributed by atoms with Gasteiger partial charge >= 0.3 is 0 Å². The second kappa shape index (κ2) is 10.8. The molecule has 0 radical (unpaired) electrons. The van der Waals surface area contributed by atoms with Crippen LogP contribution in [0.4, 0.5) is 0 Å². The van der Waals surface area contributed by atoms with Gasteiger partial charge in [0.2, 0.25) is 11.8 Å². The molecule has 0 spiro atoms. The van der Waals surface area contributed by atoms with Crippen LogP contribution in [-0.2, 0) is 22.4 Å². The van der Waals surface area contributed by atoms with Crippen molar-refractivity contribution in [2.75, 3.05) is 6.54 Å². The van der Waals surface area contributed by atoms with E-state index in [1.807, 2.05) is 36.4 Å². The maximum Gasteiger partial charge on any atom is 0.220 e. The van der Waals surface area contributed by atoms with Gasteiger partial charge in [-0.25, -0.2) is 0 Å². The molecule has 2 N–H and O–H groups in total. The van der Waals surface area contributed by atoms with Crippen LogP contribution in [0.2, 0.25) is 0 Å². The van der Waals surface area contributed by atoms with Gasteiger partial charge in [0.25, 0.3) is 0 Å². The summed E-state index contributed by atoms with van der Waals surface area (Å²) >= 11 is 0. The highest BCUT2D eigenvalue weighted by molar-refractivity contribution is 5.77. The summed E-state index contributed by atoms with van der Waals surface area (Å²) in [6, 6.07) is 20.4. The van der Waals surface area contributed by atoms with Crippen LogP contribution in [0, 0.1) is 10.8 Å². The second-order valence-corrected chi connectivity index (χ2v) is 10.6. The van der Waals surface area contributed by atoms with Gasteiger partial charge in [0.15, 0.2) is 0 Å². The van der Waals surface area contributed by atoms with Crippen molar-refractivity contribution < 1.29 is 9.59 Å². The highest BCUT2D eigenvalue weighted by Crippen LogP contribution is 2.45. The van der Waals surface area contributed by atoms with Crippen LogP contribution in [0.25, 0.3) is 0 Å². The van der Waals surface area contributed by atoms with E-state index in [1.165, 1.54) is 11.1 Å². The summed E-state index contributed by atoms with van der Waals surface area (Å²) in [7, 11) is 0. The Kier molecular flexibility index (Phi) is 8.11. The van der Waals surface area contributed by atoms with Crippen molar-refractivity contribution in [2.24, 2.45) is 10.8 Å². The first-order valence-corrected chi connectivity index (χ1v) is 11.9. The number of hydrogen-bond acceptors (Lipinski definition) is 2. The molecule has 0 bridgehead atoms. The predicted molar refractivity (Wildman–Crippen MR) is 130 cm³/mol. The Bertz CT molecular complexity index is 879. The molecule has 3 rings (SSSR count). The molecule has 1 saturated carbocycles. The van der Waals surface area contributed by atoms with Crippen molar-refractivity contribution in [2.45, 2.75) is 71.8 Å². The van der Waals surface area contributed by atoms with Crippen LogP contribution in [0.5, 0.6) is 0 Å². The zero-order valence-electron chi connectivity index (χ0n) is 19.8. The highest BCUT2D eigenvalue weighted by Gasteiger charge is 2.41. The summed E-state index contributed by atoms with van der Waals surface area (Å²) in [5, 5.41) is 6.45. The third-order valence-corrected chi connectivity index (χ3v) is 6.49. The lowest BCUT2D eigenvalue weighted by atomic mass is 9.62. The van der Waals surface area contributed by atoms with Crippen molar-refractivity contribution in [3.8, 4) is 0 Å². The lowest BCUT2D eigenvalue weighted by Gasteiger charge is -2.47. The van der Waals surface area contributed by atoms with Gasteiger partial charge in [0, 0.05) is 25.4 Å². The van der Waals surface area contributed by atoms with E-state index >= 15 is 0 Å². The van der Waals surface area contributed by atoms with Crippen LogP contribution in [0.3, 0.4) is 0 Å². The van der Waals surface area contributed by atoms with Gasteiger partial charge in [-0.1, -0.05) is 81.4 Å². The van der Waals surface area contributed by atoms with E-state index in [2.05, 4.69) is 55.7 Å². The number of benzene rings is 2. The molecule has 0 heterocycles. The zero-order valence-corrected chi connectivity index (χ0v) is 19.8. The smallest absolute Gasteiger partial charge is 0.220 e. The van der Waals surface area contributed by atoms with Gasteiger partial charge in [0.1, 0.15) is 0 Å². The molecular weight excluding hydrogens is 396 g/mol. The minimum absolute atomic E-state index is 0.0263. The Morgan fingerprint density at radius 2 is 1.34 bits per heavy atom. The third-order valence-electron chi connectivity index (χ3n) is 6.49. The summed E-state index contributed by atoms with van der Waals surface area (Å²) in [6.07, 6.45) is 5.44. The topological polar surface area (TPSA) is 58.2 Å². The van der Waals surface area contributed by atoms with Crippen molar-refractivity contribution >= 4 is 11.8 Å². The molecule has 172 valence electrons. The van der Waals surface area contributed by atoms with Crippen LogP contribution in [-0.4, -0.2) is 24.4 Å². The normalized spacial score (nSPS) is 22.2.